The lowest BCUT2D eigenvalue weighted by atomic mass is 9.98. The molecular weight excluding hydrogens is 421 g/mol. The lowest BCUT2D eigenvalue weighted by Crippen LogP contribution is -2.52. The number of hydrogen-bond donors (Lipinski definition) is 1. The Morgan fingerprint density at radius 2 is 1.90 bits per heavy atom. The van der Waals surface area contributed by atoms with Crippen molar-refractivity contribution in [3.8, 4) is 0 Å². The first-order valence-electron chi connectivity index (χ1n) is 10.5. The summed E-state index contributed by atoms with van der Waals surface area (Å²) in [5.74, 6) is 0.310. The summed E-state index contributed by atoms with van der Waals surface area (Å²) in [5.41, 5.74) is -0.873. The first-order chi connectivity index (χ1) is 14.3. The van der Waals surface area contributed by atoms with Crippen LogP contribution in [0.15, 0.2) is 12.3 Å². The van der Waals surface area contributed by atoms with Crippen LogP contribution in [0.25, 0.3) is 0 Å². The quantitative estimate of drug-likeness (QED) is 0.658. The summed E-state index contributed by atoms with van der Waals surface area (Å²) in [5, 5.41) is 2.86. The topological polar surface area (TPSA) is 57.7 Å². The molecule has 10 heteroatoms. The third-order valence-electron chi connectivity index (χ3n) is 5.52. The second-order valence-corrected chi connectivity index (χ2v) is 8.12. The number of piperazine rings is 1. The highest BCUT2D eigenvalue weighted by Crippen LogP contribution is 2.33. The number of nitrogens with zero attached hydrogens (tertiary/aromatic N) is 3. The van der Waals surface area contributed by atoms with Crippen molar-refractivity contribution in [1.82, 2.24) is 15.2 Å². The van der Waals surface area contributed by atoms with Crippen molar-refractivity contribution >= 4 is 23.4 Å². The minimum atomic E-state index is -4.48. The number of carbonyl (C=O) groups excluding carboxylic acids is 1. The van der Waals surface area contributed by atoms with E-state index in [-0.39, 0.29) is 11.1 Å². The van der Waals surface area contributed by atoms with E-state index in [4.69, 9.17) is 16.3 Å². The zero-order valence-corrected chi connectivity index (χ0v) is 17.6. The minimum Gasteiger partial charge on any atom is -0.378 e. The molecule has 0 radical (unpaired) electrons. The first kappa shape index (κ1) is 22.9. The molecule has 0 atom stereocenters. The van der Waals surface area contributed by atoms with Crippen LogP contribution in [0, 0.1) is 0 Å². The maximum atomic E-state index is 12.8. The van der Waals surface area contributed by atoms with E-state index in [0.717, 1.165) is 31.5 Å². The van der Waals surface area contributed by atoms with Gasteiger partial charge in [-0.2, -0.15) is 13.2 Å². The van der Waals surface area contributed by atoms with Crippen LogP contribution >= 0.6 is 11.6 Å². The van der Waals surface area contributed by atoms with E-state index in [2.05, 4.69) is 10.3 Å². The predicted molar refractivity (Wildman–Crippen MR) is 109 cm³/mol. The van der Waals surface area contributed by atoms with Crippen LogP contribution in [0.3, 0.4) is 0 Å². The van der Waals surface area contributed by atoms with Gasteiger partial charge in [0.15, 0.2) is 0 Å². The summed E-state index contributed by atoms with van der Waals surface area (Å²) in [6.07, 6.45) is 3.48. The Morgan fingerprint density at radius 1 is 1.20 bits per heavy atom. The van der Waals surface area contributed by atoms with Gasteiger partial charge in [0.1, 0.15) is 5.82 Å². The highest BCUT2D eigenvalue weighted by molar-refractivity contribution is 6.33. The number of hydrogen-bond acceptors (Lipinski definition) is 4. The van der Waals surface area contributed by atoms with Crippen molar-refractivity contribution in [3.05, 3.63) is 22.8 Å². The van der Waals surface area contributed by atoms with Crippen molar-refractivity contribution in [3.63, 3.8) is 0 Å². The van der Waals surface area contributed by atoms with Gasteiger partial charge in [-0.3, -0.25) is 0 Å². The molecule has 0 bridgehead atoms. The summed E-state index contributed by atoms with van der Waals surface area (Å²) < 4.78 is 44.1. The summed E-state index contributed by atoms with van der Waals surface area (Å²) >= 11 is 6.01. The summed E-state index contributed by atoms with van der Waals surface area (Å²) in [7, 11) is 0. The van der Waals surface area contributed by atoms with Gasteiger partial charge >= 0.3 is 12.2 Å². The average Bonchev–Trinajstić information content (AvgIpc) is 2.73. The molecule has 2 heterocycles. The van der Waals surface area contributed by atoms with Crippen LogP contribution in [0.1, 0.15) is 44.1 Å². The second kappa shape index (κ2) is 10.5. The number of alkyl halides is 3. The molecule has 2 amide bonds. The number of ether oxygens (including phenoxy) is 1. The molecule has 2 aliphatic rings. The maximum Gasteiger partial charge on any atom is 0.417 e. The largest absolute Gasteiger partial charge is 0.417 e. The average molecular weight is 449 g/mol. The van der Waals surface area contributed by atoms with Gasteiger partial charge in [-0.15, -0.1) is 0 Å². The normalized spacial score (nSPS) is 18.5. The lowest BCUT2D eigenvalue weighted by Gasteiger charge is -2.35. The van der Waals surface area contributed by atoms with Gasteiger partial charge in [0.25, 0.3) is 0 Å². The SMILES string of the molecule is O=C(NCCCOC1CCCCC1)N1CCN(c2ncc(C(F)(F)F)cc2Cl)CC1. The monoisotopic (exact) mass is 448 g/mol. The van der Waals surface area contributed by atoms with Gasteiger partial charge in [-0.05, 0) is 25.3 Å². The van der Waals surface area contributed by atoms with Gasteiger partial charge in [-0.25, -0.2) is 9.78 Å². The zero-order chi connectivity index (χ0) is 21.6. The molecule has 1 saturated carbocycles. The Bertz CT molecular complexity index is 706. The Hall–Kier alpha value is -1.74. The van der Waals surface area contributed by atoms with E-state index in [0.29, 0.717) is 51.3 Å². The maximum absolute atomic E-state index is 12.8. The highest BCUT2D eigenvalue weighted by Gasteiger charge is 2.32. The first-order valence-corrected chi connectivity index (χ1v) is 10.8. The van der Waals surface area contributed by atoms with Gasteiger partial charge in [-0.1, -0.05) is 30.9 Å². The van der Waals surface area contributed by atoms with Crippen molar-refractivity contribution in [2.45, 2.75) is 50.8 Å². The Labute approximate surface area is 179 Å². The van der Waals surface area contributed by atoms with Crippen LogP contribution in [0.5, 0.6) is 0 Å². The van der Waals surface area contributed by atoms with Crippen molar-refractivity contribution in [1.29, 1.82) is 0 Å². The summed E-state index contributed by atoms with van der Waals surface area (Å²) in [4.78, 5) is 19.7. The standard InChI is InChI=1S/C20H28ClF3N4O2/c21-17-13-15(20(22,23)24)14-26-18(17)27-8-10-28(11-9-27)19(29)25-7-4-12-30-16-5-2-1-3-6-16/h13-14,16H,1-12H2,(H,25,29). The molecule has 1 saturated heterocycles. The molecule has 1 aromatic rings. The molecule has 1 N–H and O–H groups in total. The van der Waals surface area contributed by atoms with Crippen molar-refractivity contribution in [2.24, 2.45) is 0 Å². The molecule has 2 fully saturated rings. The molecule has 3 rings (SSSR count). The van der Waals surface area contributed by atoms with Gasteiger partial charge in [0.2, 0.25) is 0 Å². The minimum absolute atomic E-state index is 0.0410. The number of pyridine rings is 1. The van der Waals surface area contributed by atoms with Gasteiger partial charge in [0, 0.05) is 45.5 Å². The molecule has 168 valence electrons. The summed E-state index contributed by atoms with van der Waals surface area (Å²) in [6, 6.07) is 0.747. The molecule has 1 aromatic heterocycles. The molecule has 1 aliphatic carbocycles. The second-order valence-electron chi connectivity index (χ2n) is 7.72. The summed E-state index contributed by atoms with van der Waals surface area (Å²) in [6.45, 7) is 3.01. The number of anilines is 1. The van der Waals surface area contributed by atoms with E-state index in [1.165, 1.54) is 19.3 Å². The molecule has 30 heavy (non-hydrogen) atoms. The third kappa shape index (κ3) is 6.38. The molecule has 1 aliphatic heterocycles. The number of urea groups is 1. The predicted octanol–water partition coefficient (Wildman–Crippen LogP) is 4.32. The van der Waals surface area contributed by atoms with Gasteiger partial charge in [0.05, 0.1) is 16.7 Å². The zero-order valence-electron chi connectivity index (χ0n) is 16.9. The Kier molecular flexibility index (Phi) is 8.05. The number of aromatic nitrogens is 1. The smallest absolute Gasteiger partial charge is 0.378 e. The van der Waals surface area contributed by atoms with E-state index >= 15 is 0 Å². The van der Waals surface area contributed by atoms with Crippen molar-refractivity contribution in [2.75, 3.05) is 44.2 Å². The highest BCUT2D eigenvalue weighted by atomic mass is 35.5. The molecule has 0 unspecified atom stereocenters. The van der Waals surface area contributed by atoms with E-state index in [1.807, 2.05) is 0 Å². The fourth-order valence-corrected chi connectivity index (χ4v) is 4.09. The van der Waals surface area contributed by atoms with Crippen molar-refractivity contribution < 1.29 is 22.7 Å². The number of amides is 2. The number of rotatable bonds is 6. The van der Waals surface area contributed by atoms with E-state index < -0.39 is 11.7 Å². The lowest BCUT2D eigenvalue weighted by molar-refractivity contribution is -0.137. The molecule has 0 aromatic carbocycles. The Balaban J connectivity index is 1.37. The third-order valence-corrected chi connectivity index (χ3v) is 5.80. The van der Waals surface area contributed by atoms with Crippen LogP contribution in [-0.4, -0.2) is 61.3 Å². The van der Waals surface area contributed by atoms with Crippen LogP contribution < -0.4 is 10.2 Å². The number of carbonyl (C=O) groups is 1. The number of nitrogens with one attached hydrogen (secondary N) is 1. The fourth-order valence-electron chi connectivity index (χ4n) is 3.80. The molecular formula is C20H28ClF3N4O2. The van der Waals surface area contributed by atoms with Crippen LogP contribution in [0.2, 0.25) is 5.02 Å². The van der Waals surface area contributed by atoms with Crippen LogP contribution in [-0.2, 0) is 10.9 Å². The van der Waals surface area contributed by atoms with E-state index in [9.17, 15) is 18.0 Å². The van der Waals surface area contributed by atoms with E-state index in [1.54, 1.807) is 9.80 Å². The Morgan fingerprint density at radius 3 is 2.53 bits per heavy atom. The fraction of sp³-hybridized carbons (Fsp3) is 0.700. The molecule has 0 spiro atoms. The molecule has 6 nitrogen and oxygen atoms in total. The number of halogens is 4. The van der Waals surface area contributed by atoms with Crippen LogP contribution in [0.4, 0.5) is 23.8 Å². The van der Waals surface area contributed by atoms with Gasteiger partial charge < -0.3 is 19.9 Å².